The van der Waals surface area contributed by atoms with Crippen molar-refractivity contribution in [1.82, 2.24) is 10.2 Å². The fraction of sp³-hybridized carbons (Fsp3) is 0.633. The van der Waals surface area contributed by atoms with Crippen LogP contribution in [0, 0.1) is 12.3 Å². The summed E-state index contributed by atoms with van der Waals surface area (Å²) in [6.45, 7) is 2.30. The highest BCUT2D eigenvalue weighted by atomic mass is 16.7. The number of fused-ring (bicyclic) bond motifs is 1. The Hall–Kier alpha value is -3.01. The maximum Gasteiger partial charge on any atom is 0.413 e. The van der Waals surface area contributed by atoms with Crippen molar-refractivity contribution in [3.8, 4) is 12.3 Å². The van der Waals surface area contributed by atoms with E-state index in [0.29, 0.717) is 19.4 Å². The lowest BCUT2D eigenvalue weighted by Gasteiger charge is -2.27. The summed E-state index contributed by atoms with van der Waals surface area (Å²) < 4.78 is 10.2. The molecule has 1 aliphatic rings. The van der Waals surface area contributed by atoms with Crippen LogP contribution in [0.1, 0.15) is 108 Å². The zero-order valence-electron chi connectivity index (χ0n) is 22.5. The van der Waals surface area contributed by atoms with E-state index < -0.39 is 18.9 Å². The number of aryl methyl sites for hydroxylation is 1. The summed E-state index contributed by atoms with van der Waals surface area (Å²) in [5.41, 5.74) is 2.28. The van der Waals surface area contributed by atoms with Gasteiger partial charge in [-0.25, -0.2) is 4.79 Å². The number of carbonyl (C=O) groups is 3. The van der Waals surface area contributed by atoms with Crippen LogP contribution in [0.3, 0.4) is 0 Å². The van der Waals surface area contributed by atoms with Gasteiger partial charge in [0.15, 0.2) is 0 Å². The third-order valence-electron chi connectivity index (χ3n) is 6.76. The largest absolute Gasteiger partial charge is 0.428 e. The minimum atomic E-state index is -0.601. The van der Waals surface area contributed by atoms with Gasteiger partial charge in [-0.05, 0) is 36.8 Å². The minimum Gasteiger partial charge on any atom is -0.428 e. The van der Waals surface area contributed by atoms with Gasteiger partial charge in [0.1, 0.15) is 0 Å². The lowest BCUT2D eigenvalue weighted by Crippen LogP contribution is -2.35. The Labute approximate surface area is 222 Å². The molecule has 0 unspecified atom stereocenters. The molecule has 1 aromatic rings. The van der Waals surface area contributed by atoms with Crippen LogP contribution in [0.15, 0.2) is 24.3 Å². The first kappa shape index (κ1) is 30.2. The number of hydrogen-bond donors (Lipinski definition) is 1. The molecule has 1 aromatic carbocycles. The summed E-state index contributed by atoms with van der Waals surface area (Å²) in [6.07, 6.45) is 18.6. The molecule has 0 heterocycles. The molecule has 1 atom stereocenters. The van der Waals surface area contributed by atoms with Gasteiger partial charge in [-0.3, -0.25) is 14.5 Å². The van der Waals surface area contributed by atoms with Crippen molar-refractivity contribution >= 4 is 18.0 Å². The van der Waals surface area contributed by atoms with E-state index in [-0.39, 0.29) is 24.9 Å². The molecule has 204 valence electrons. The number of nitrogens with zero attached hydrogens (tertiary/aromatic N) is 1. The van der Waals surface area contributed by atoms with Crippen molar-refractivity contribution in [2.75, 3.05) is 19.9 Å². The molecule has 0 aromatic heterocycles. The molecule has 0 radical (unpaired) electrons. The van der Waals surface area contributed by atoms with Crippen molar-refractivity contribution in [3.05, 3.63) is 35.4 Å². The molecule has 0 saturated carbocycles. The second-order valence-corrected chi connectivity index (χ2v) is 9.66. The monoisotopic (exact) mass is 512 g/mol. The maximum atomic E-state index is 12.6. The van der Waals surface area contributed by atoms with Crippen molar-refractivity contribution in [2.45, 2.75) is 103 Å². The van der Waals surface area contributed by atoms with Crippen LogP contribution in [-0.4, -0.2) is 42.8 Å². The van der Waals surface area contributed by atoms with Gasteiger partial charge in [0.05, 0.1) is 12.6 Å². The Morgan fingerprint density at radius 2 is 1.68 bits per heavy atom. The van der Waals surface area contributed by atoms with E-state index in [1.54, 1.807) is 0 Å². The molecule has 0 saturated heterocycles. The number of amides is 2. The van der Waals surface area contributed by atoms with E-state index in [4.69, 9.17) is 15.9 Å². The molecular weight excluding hydrogens is 468 g/mol. The number of esters is 1. The van der Waals surface area contributed by atoms with Crippen molar-refractivity contribution in [1.29, 1.82) is 0 Å². The number of benzene rings is 1. The van der Waals surface area contributed by atoms with Crippen LogP contribution in [0.4, 0.5) is 4.79 Å². The third kappa shape index (κ3) is 11.7. The maximum absolute atomic E-state index is 12.6. The van der Waals surface area contributed by atoms with Gasteiger partial charge in [0.25, 0.3) is 0 Å². The van der Waals surface area contributed by atoms with Gasteiger partial charge in [0.2, 0.25) is 12.7 Å². The predicted molar refractivity (Wildman–Crippen MR) is 145 cm³/mol. The fourth-order valence-corrected chi connectivity index (χ4v) is 4.70. The van der Waals surface area contributed by atoms with Crippen LogP contribution in [-0.2, 0) is 25.5 Å². The standard InChI is InChI=1S/C30H44N2O5/c1-3-5-6-7-8-9-10-11-12-18-28(33)31-22-15-19-29(34)36-24-37-30(35)32(23-4-2)27-21-20-25-16-13-14-17-26(25)27/h2,13-14,16-17,27H,3,5-12,15,18-24H2,1H3,(H,31,33)/t27-/m1/s1. The number of carbonyl (C=O) groups excluding carboxylic acids is 3. The summed E-state index contributed by atoms with van der Waals surface area (Å²) in [6, 6.07) is 7.83. The van der Waals surface area contributed by atoms with E-state index >= 15 is 0 Å². The third-order valence-corrected chi connectivity index (χ3v) is 6.76. The smallest absolute Gasteiger partial charge is 0.413 e. The molecule has 0 fully saturated rings. The molecular formula is C30H44N2O5. The lowest BCUT2D eigenvalue weighted by molar-refractivity contribution is -0.152. The molecule has 0 bridgehead atoms. The number of terminal acetylenes is 1. The van der Waals surface area contributed by atoms with Gasteiger partial charge in [-0.15, -0.1) is 6.42 Å². The van der Waals surface area contributed by atoms with Crippen LogP contribution >= 0.6 is 0 Å². The molecule has 37 heavy (non-hydrogen) atoms. The summed E-state index contributed by atoms with van der Waals surface area (Å²) >= 11 is 0. The minimum absolute atomic E-state index is 0.0207. The first-order chi connectivity index (χ1) is 18.1. The Kier molecular flexibility index (Phi) is 14.9. The van der Waals surface area contributed by atoms with Gasteiger partial charge in [-0.2, -0.15) is 0 Å². The summed E-state index contributed by atoms with van der Waals surface area (Å²) in [7, 11) is 0. The SMILES string of the molecule is C#CCN(C(=O)OCOC(=O)CCCNC(=O)CCCCCCCCCCC)[C@@H]1CCc2ccccc21. The zero-order valence-corrected chi connectivity index (χ0v) is 22.5. The molecule has 2 rings (SSSR count). The van der Waals surface area contributed by atoms with Gasteiger partial charge >= 0.3 is 12.1 Å². The predicted octanol–water partition coefficient (Wildman–Crippen LogP) is 6.06. The number of ether oxygens (including phenoxy) is 2. The van der Waals surface area contributed by atoms with Crippen molar-refractivity contribution < 1.29 is 23.9 Å². The Balaban J connectivity index is 1.52. The van der Waals surface area contributed by atoms with E-state index in [1.807, 2.05) is 18.2 Å². The summed E-state index contributed by atoms with van der Waals surface area (Å²) in [4.78, 5) is 38.0. The van der Waals surface area contributed by atoms with Crippen LogP contribution in [0.5, 0.6) is 0 Å². The number of rotatable bonds is 18. The fourth-order valence-electron chi connectivity index (χ4n) is 4.70. The molecule has 7 heteroatoms. The van der Waals surface area contributed by atoms with E-state index in [1.165, 1.54) is 55.4 Å². The highest BCUT2D eigenvalue weighted by Gasteiger charge is 2.31. The van der Waals surface area contributed by atoms with Gasteiger partial charge in [-0.1, -0.05) is 88.5 Å². The van der Waals surface area contributed by atoms with E-state index in [9.17, 15) is 14.4 Å². The topological polar surface area (TPSA) is 84.9 Å². The highest BCUT2D eigenvalue weighted by Crippen LogP contribution is 2.35. The van der Waals surface area contributed by atoms with E-state index in [0.717, 1.165) is 31.2 Å². The molecule has 2 amide bonds. The average Bonchev–Trinajstić information content (AvgIpc) is 3.32. The Morgan fingerprint density at radius 1 is 0.973 bits per heavy atom. The van der Waals surface area contributed by atoms with Crippen LogP contribution in [0.2, 0.25) is 0 Å². The lowest BCUT2D eigenvalue weighted by atomic mass is 10.1. The molecule has 7 nitrogen and oxygen atoms in total. The molecule has 0 aliphatic heterocycles. The van der Waals surface area contributed by atoms with Crippen molar-refractivity contribution in [2.24, 2.45) is 0 Å². The quantitative estimate of drug-likeness (QED) is 0.112. The average molecular weight is 513 g/mol. The number of unbranched alkanes of at least 4 members (excludes halogenated alkanes) is 8. The highest BCUT2D eigenvalue weighted by molar-refractivity contribution is 5.76. The second-order valence-electron chi connectivity index (χ2n) is 9.66. The number of hydrogen-bond acceptors (Lipinski definition) is 5. The summed E-state index contributed by atoms with van der Waals surface area (Å²) in [5, 5.41) is 2.85. The first-order valence-corrected chi connectivity index (χ1v) is 13.9. The molecule has 1 aliphatic carbocycles. The number of nitrogens with one attached hydrogen (secondary N) is 1. The molecule has 1 N–H and O–H groups in total. The van der Waals surface area contributed by atoms with Crippen LogP contribution < -0.4 is 5.32 Å². The first-order valence-electron chi connectivity index (χ1n) is 13.9. The Morgan fingerprint density at radius 3 is 2.41 bits per heavy atom. The van der Waals surface area contributed by atoms with Crippen LogP contribution in [0.25, 0.3) is 0 Å². The normalized spacial score (nSPS) is 13.9. The zero-order chi connectivity index (χ0) is 26.7. The van der Waals surface area contributed by atoms with Gasteiger partial charge < -0.3 is 14.8 Å². The van der Waals surface area contributed by atoms with Gasteiger partial charge in [0, 0.05) is 19.4 Å². The van der Waals surface area contributed by atoms with E-state index in [2.05, 4.69) is 24.2 Å². The molecule has 0 spiro atoms. The summed E-state index contributed by atoms with van der Waals surface area (Å²) in [5.74, 6) is 2.06. The van der Waals surface area contributed by atoms with Crippen molar-refractivity contribution in [3.63, 3.8) is 0 Å². The second kappa shape index (κ2) is 18.3. The Bertz CT molecular complexity index is 879.